The standard InChI is InChI=1S/C10H19N/c1-8(10(3,4)5)7-9(2)11-6/h7H,1-6H3. The van der Waals surface area contributed by atoms with Gasteiger partial charge in [0.05, 0.1) is 0 Å². The van der Waals surface area contributed by atoms with E-state index in [9.17, 15) is 0 Å². The van der Waals surface area contributed by atoms with E-state index in [4.69, 9.17) is 0 Å². The maximum Gasteiger partial charge on any atom is 0.0313 e. The summed E-state index contributed by atoms with van der Waals surface area (Å²) in [6.45, 7) is 10.8. The summed E-state index contributed by atoms with van der Waals surface area (Å²) in [7, 11) is 1.82. The molecule has 0 amide bonds. The number of aliphatic imine (C=N–C) groups is 1. The Kier molecular flexibility index (Phi) is 3.50. The maximum atomic E-state index is 4.08. The Bertz CT molecular complexity index is 180. The van der Waals surface area contributed by atoms with E-state index in [1.54, 1.807) is 0 Å². The van der Waals surface area contributed by atoms with E-state index in [1.165, 1.54) is 5.57 Å². The lowest BCUT2D eigenvalue weighted by Gasteiger charge is -2.19. The van der Waals surface area contributed by atoms with Crippen LogP contribution in [0.2, 0.25) is 0 Å². The Labute approximate surface area is 70.2 Å². The van der Waals surface area contributed by atoms with Gasteiger partial charge in [-0.05, 0) is 25.3 Å². The van der Waals surface area contributed by atoms with Crippen LogP contribution in [0.4, 0.5) is 0 Å². The van der Waals surface area contributed by atoms with Gasteiger partial charge in [0.15, 0.2) is 0 Å². The summed E-state index contributed by atoms with van der Waals surface area (Å²) in [6, 6.07) is 0. The predicted molar refractivity (Wildman–Crippen MR) is 52.2 cm³/mol. The van der Waals surface area contributed by atoms with E-state index in [-0.39, 0.29) is 5.41 Å². The highest BCUT2D eigenvalue weighted by Gasteiger charge is 2.11. The molecule has 0 aliphatic rings. The minimum atomic E-state index is 0.270. The molecular formula is C10H19N. The van der Waals surface area contributed by atoms with Gasteiger partial charge in [-0.1, -0.05) is 26.3 Å². The summed E-state index contributed by atoms with van der Waals surface area (Å²) in [5.41, 5.74) is 2.74. The summed E-state index contributed by atoms with van der Waals surface area (Å²) in [5.74, 6) is 0. The topological polar surface area (TPSA) is 12.4 Å². The van der Waals surface area contributed by atoms with Crippen molar-refractivity contribution in [2.75, 3.05) is 7.05 Å². The second-order valence-electron chi connectivity index (χ2n) is 3.94. The van der Waals surface area contributed by atoms with Crippen LogP contribution in [0.15, 0.2) is 16.6 Å². The molecule has 0 saturated heterocycles. The maximum absolute atomic E-state index is 4.08. The van der Waals surface area contributed by atoms with Gasteiger partial charge in [0.1, 0.15) is 0 Å². The number of hydrogen-bond donors (Lipinski definition) is 0. The normalized spacial score (nSPS) is 15.5. The van der Waals surface area contributed by atoms with Gasteiger partial charge in [-0.3, -0.25) is 4.99 Å². The SMILES string of the molecule is CN=C(C)C=C(C)C(C)(C)C. The summed E-state index contributed by atoms with van der Waals surface area (Å²) >= 11 is 0. The minimum Gasteiger partial charge on any atom is -0.293 e. The molecule has 1 nitrogen and oxygen atoms in total. The molecule has 0 aromatic heterocycles. The van der Waals surface area contributed by atoms with E-state index in [2.05, 4.69) is 38.8 Å². The first kappa shape index (κ1) is 10.4. The minimum absolute atomic E-state index is 0.270. The van der Waals surface area contributed by atoms with Gasteiger partial charge in [-0.25, -0.2) is 0 Å². The lowest BCUT2D eigenvalue weighted by molar-refractivity contribution is 0.504. The number of hydrogen-bond acceptors (Lipinski definition) is 1. The molecule has 0 aromatic carbocycles. The quantitative estimate of drug-likeness (QED) is 0.513. The zero-order valence-corrected chi connectivity index (χ0v) is 8.52. The Hall–Kier alpha value is -0.590. The summed E-state index contributed by atoms with van der Waals surface area (Å²) in [4.78, 5) is 4.08. The molecule has 0 rings (SSSR count). The van der Waals surface area contributed by atoms with Crippen LogP contribution in [0.5, 0.6) is 0 Å². The van der Waals surface area contributed by atoms with Crippen LogP contribution >= 0.6 is 0 Å². The Morgan fingerprint density at radius 3 is 1.91 bits per heavy atom. The van der Waals surface area contributed by atoms with Crippen LogP contribution in [0, 0.1) is 5.41 Å². The summed E-state index contributed by atoms with van der Waals surface area (Å²) < 4.78 is 0. The molecule has 0 aromatic rings. The molecule has 0 aliphatic carbocycles. The number of nitrogens with zero attached hydrogens (tertiary/aromatic N) is 1. The van der Waals surface area contributed by atoms with Gasteiger partial charge in [0, 0.05) is 12.8 Å². The Balaban J connectivity index is 4.48. The molecule has 0 N–H and O–H groups in total. The molecule has 11 heavy (non-hydrogen) atoms. The third-order valence-electron chi connectivity index (χ3n) is 1.96. The number of allylic oxidation sites excluding steroid dienone is 2. The fourth-order valence-corrected chi connectivity index (χ4v) is 0.594. The van der Waals surface area contributed by atoms with Crippen molar-refractivity contribution in [2.24, 2.45) is 10.4 Å². The molecule has 0 saturated carbocycles. The molecular weight excluding hydrogens is 134 g/mol. The van der Waals surface area contributed by atoms with Crippen molar-refractivity contribution in [3.8, 4) is 0 Å². The van der Waals surface area contributed by atoms with E-state index in [1.807, 2.05) is 14.0 Å². The van der Waals surface area contributed by atoms with Crippen molar-refractivity contribution in [1.82, 2.24) is 0 Å². The molecule has 0 radical (unpaired) electrons. The van der Waals surface area contributed by atoms with Crippen LogP contribution in [0.1, 0.15) is 34.6 Å². The van der Waals surface area contributed by atoms with E-state index < -0.39 is 0 Å². The molecule has 1 heteroatoms. The molecule has 0 heterocycles. The molecule has 0 fully saturated rings. The Morgan fingerprint density at radius 2 is 1.64 bits per heavy atom. The average molecular weight is 153 g/mol. The third kappa shape index (κ3) is 3.97. The van der Waals surface area contributed by atoms with Crippen LogP contribution < -0.4 is 0 Å². The molecule has 0 bridgehead atoms. The van der Waals surface area contributed by atoms with Crippen molar-refractivity contribution in [1.29, 1.82) is 0 Å². The third-order valence-corrected chi connectivity index (χ3v) is 1.96. The van der Waals surface area contributed by atoms with Gasteiger partial charge in [0.2, 0.25) is 0 Å². The van der Waals surface area contributed by atoms with Crippen molar-refractivity contribution < 1.29 is 0 Å². The van der Waals surface area contributed by atoms with Crippen LogP contribution in [-0.4, -0.2) is 12.8 Å². The summed E-state index contributed by atoms with van der Waals surface area (Å²) in [5, 5.41) is 0. The van der Waals surface area contributed by atoms with Gasteiger partial charge < -0.3 is 0 Å². The van der Waals surface area contributed by atoms with E-state index >= 15 is 0 Å². The highest BCUT2D eigenvalue weighted by Crippen LogP contribution is 2.23. The molecule has 0 aliphatic heterocycles. The zero-order chi connectivity index (χ0) is 9.07. The molecule has 0 unspecified atom stereocenters. The van der Waals surface area contributed by atoms with Gasteiger partial charge in [-0.15, -0.1) is 0 Å². The molecule has 0 atom stereocenters. The highest BCUT2D eigenvalue weighted by molar-refractivity contribution is 5.93. The van der Waals surface area contributed by atoms with Gasteiger partial charge >= 0.3 is 0 Å². The molecule has 64 valence electrons. The van der Waals surface area contributed by atoms with Crippen molar-refractivity contribution in [3.63, 3.8) is 0 Å². The number of rotatable bonds is 1. The van der Waals surface area contributed by atoms with Crippen LogP contribution in [-0.2, 0) is 0 Å². The van der Waals surface area contributed by atoms with Crippen molar-refractivity contribution in [2.45, 2.75) is 34.6 Å². The van der Waals surface area contributed by atoms with E-state index in [0.717, 1.165) is 5.71 Å². The predicted octanol–water partition coefficient (Wildman–Crippen LogP) is 3.07. The largest absolute Gasteiger partial charge is 0.293 e. The fraction of sp³-hybridized carbons (Fsp3) is 0.700. The van der Waals surface area contributed by atoms with Gasteiger partial charge in [0.25, 0.3) is 0 Å². The lowest BCUT2D eigenvalue weighted by Crippen LogP contribution is -2.07. The van der Waals surface area contributed by atoms with Crippen LogP contribution in [0.25, 0.3) is 0 Å². The summed E-state index contributed by atoms with van der Waals surface area (Å²) in [6.07, 6.45) is 2.14. The second-order valence-corrected chi connectivity index (χ2v) is 3.94. The molecule has 0 spiro atoms. The first-order chi connectivity index (χ1) is 4.88. The van der Waals surface area contributed by atoms with Crippen LogP contribution in [0.3, 0.4) is 0 Å². The van der Waals surface area contributed by atoms with E-state index in [0.29, 0.717) is 0 Å². The van der Waals surface area contributed by atoms with Crippen molar-refractivity contribution in [3.05, 3.63) is 11.6 Å². The monoisotopic (exact) mass is 153 g/mol. The first-order valence-corrected chi connectivity index (χ1v) is 4.00. The first-order valence-electron chi connectivity index (χ1n) is 4.00. The average Bonchev–Trinajstić information content (AvgIpc) is 1.85. The lowest BCUT2D eigenvalue weighted by atomic mass is 9.87. The van der Waals surface area contributed by atoms with Gasteiger partial charge in [-0.2, -0.15) is 0 Å². The Morgan fingerprint density at radius 1 is 1.18 bits per heavy atom. The fourth-order valence-electron chi connectivity index (χ4n) is 0.594. The van der Waals surface area contributed by atoms with Crippen molar-refractivity contribution >= 4 is 5.71 Å². The zero-order valence-electron chi connectivity index (χ0n) is 8.52. The smallest absolute Gasteiger partial charge is 0.0313 e. The second kappa shape index (κ2) is 3.70. The highest BCUT2D eigenvalue weighted by atomic mass is 14.7.